The van der Waals surface area contributed by atoms with Gasteiger partial charge in [0.25, 0.3) is 10.0 Å². The van der Waals surface area contributed by atoms with E-state index < -0.39 is 10.0 Å². The van der Waals surface area contributed by atoms with Gasteiger partial charge in [-0.3, -0.25) is 4.72 Å². The summed E-state index contributed by atoms with van der Waals surface area (Å²) in [5.74, 6) is 0.642. The van der Waals surface area contributed by atoms with Crippen LogP contribution in [0.2, 0.25) is 0 Å². The maximum atomic E-state index is 12.0. The molecule has 1 aromatic heterocycles. The summed E-state index contributed by atoms with van der Waals surface area (Å²) in [6, 6.07) is 6.29. The number of anilines is 1. The molecule has 0 aliphatic rings. The van der Waals surface area contributed by atoms with E-state index >= 15 is 0 Å². The number of nitrogens with zero attached hydrogens (tertiary/aromatic N) is 1. The Bertz CT molecular complexity index is 620. The quantitative estimate of drug-likeness (QED) is 0.921. The maximum Gasteiger partial charge on any atom is 0.263 e. The van der Waals surface area contributed by atoms with Crippen LogP contribution in [0.1, 0.15) is 13.8 Å². The van der Waals surface area contributed by atoms with E-state index in [0.717, 1.165) is 0 Å². The summed E-state index contributed by atoms with van der Waals surface area (Å²) >= 11 is 1.23. The van der Waals surface area contributed by atoms with Crippen molar-refractivity contribution in [1.82, 2.24) is 4.98 Å². The summed E-state index contributed by atoms with van der Waals surface area (Å²) in [5.41, 5.74) is 0. The Labute approximate surface area is 116 Å². The third kappa shape index (κ3) is 3.68. The highest BCUT2D eigenvalue weighted by Crippen LogP contribution is 2.20. The van der Waals surface area contributed by atoms with Gasteiger partial charge in [-0.05, 0) is 38.1 Å². The third-order valence-corrected chi connectivity index (χ3v) is 4.33. The summed E-state index contributed by atoms with van der Waals surface area (Å²) in [6.45, 7) is 3.82. The molecule has 0 unspecified atom stereocenters. The summed E-state index contributed by atoms with van der Waals surface area (Å²) in [4.78, 5) is 4.07. The number of hydrogen-bond donors (Lipinski definition) is 1. The molecule has 0 amide bonds. The number of rotatable bonds is 5. The molecule has 102 valence electrons. The fourth-order valence-corrected chi connectivity index (χ4v) is 3.21. The van der Waals surface area contributed by atoms with Gasteiger partial charge in [0, 0.05) is 11.6 Å². The van der Waals surface area contributed by atoms with Crippen molar-refractivity contribution in [2.45, 2.75) is 24.8 Å². The fraction of sp³-hybridized carbons (Fsp3) is 0.250. The van der Waals surface area contributed by atoms with Gasteiger partial charge in [0.2, 0.25) is 0 Å². The lowest BCUT2D eigenvalue weighted by Crippen LogP contribution is -2.12. The molecule has 0 bridgehead atoms. The van der Waals surface area contributed by atoms with Crippen LogP contribution >= 0.6 is 11.3 Å². The van der Waals surface area contributed by atoms with Crippen molar-refractivity contribution >= 4 is 26.5 Å². The Balaban J connectivity index is 2.17. The minimum atomic E-state index is -3.59. The number of benzene rings is 1. The molecular formula is C12H14N2O3S2. The second kappa shape index (κ2) is 5.58. The zero-order valence-electron chi connectivity index (χ0n) is 10.5. The van der Waals surface area contributed by atoms with E-state index in [1.807, 2.05) is 13.8 Å². The average Bonchev–Trinajstić information content (AvgIpc) is 2.81. The first-order valence-electron chi connectivity index (χ1n) is 5.66. The van der Waals surface area contributed by atoms with Crippen LogP contribution in [0.4, 0.5) is 5.13 Å². The Morgan fingerprint density at radius 2 is 1.95 bits per heavy atom. The normalized spacial score (nSPS) is 11.5. The van der Waals surface area contributed by atoms with Crippen molar-refractivity contribution in [3.63, 3.8) is 0 Å². The van der Waals surface area contributed by atoms with Crippen molar-refractivity contribution < 1.29 is 13.2 Å². The molecule has 1 aromatic carbocycles. The van der Waals surface area contributed by atoms with Crippen molar-refractivity contribution in [1.29, 1.82) is 0 Å². The molecule has 0 spiro atoms. The van der Waals surface area contributed by atoms with Crippen molar-refractivity contribution in [3.05, 3.63) is 35.8 Å². The molecule has 0 saturated heterocycles. The SMILES string of the molecule is CC(C)Oc1ccc(S(=O)(=O)Nc2nccs2)cc1. The highest BCUT2D eigenvalue weighted by atomic mass is 32.2. The van der Waals surface area contributed by atoms with Crippen LogP contribution in [0.15, 0.2) is 40.7 Å². The largest absolute Gasteiger partial charge is 0.491 e. The van der Waals surface area contributed by atoms with Crippen LogP contribution in [-0.2, 0) is 10.0 Å². The Kier molecular flexibility index (Phi) is 4.06. The van der Waals surface area contributed by atoms with Crippen molar-refractivity contribution in [3.8, 4) is 5.75 Å². The first-order valence-corrected chi connectivity index (χ1v) is 8.03. The van der Waals surface area contributed by atoms with Gasteiger partial charge >= 0.3 is 0 Å². The molecule has 0 aliphatic heterocycles. The molecule has 2 aromatic rings. The summed E-state index contributed by atoms with van der Waals surface area (Å²) < 4.78 is 32.0. The number of ether oxygens (including phenoxy) is 1. The van der Waals surface area contributed by atoms with Gasteiger partial charge in [-0.25, -0.2) is 13.4 Å². The van der Waals surface area contributed by atoms with Gasteiger partial charge in [0.1, 0.15) is 5.75 Å². The van der Waals surface area contributed by atoms with E-state index in [0.29, 0.717) is 10.9 Å². The van der Waals surface area contributed by atoms with Crippen LogP contribution in [0.25, 0.3) is 0 Å². The molecule has 0 aliphatic carbocycles. The second-order valence-electron chi connectivity index (χ2n) is 4.08. The molecule has 1 N–H and O–H groups in total. The average molecular weight is 298 g/mol. The fourth-order valence-electron chi connectivity index (χ4n) is 1.42. The highest BCUT2D eigenvalue weighted by molar-refractivity contribution is 7.93. The Morgan fingerprint density at radius 1 is 1.26 bits per heavy atom. The highest BCUT2D eigenvalue weighted by Gasteiger charge is 2.15. The molecule has 2 rings (SSSR count). The van der Waals surface area contributed by atoms with Gasteiger partial charge in [0.15, 0.2) is 5.13 Å². The minimum Gasteiger partial charge on any atom is -0.491 e. The van der Waals surface area contributed by atoms with Crippen LogP contribution < -0.4 is 9.46 Å². The van der Waals surface area contributed by atoms with E-state index in [1.54, 1.807) is 23.7 Å². The number of nitrogens with one attached hydrogen (secondary N) is 1. The lowest BCUT2D eigenvalue weighted by molar-refractivity contribution is 0.242. The standard InChI is InChI=1S/C12H14N2O3S2/c1-9(2)17-10-3-5-11(6-4-10)19(15,16)14-12-13-7-8-18-12/h3-9H,1-2H3,(H,13,14). The number of aromatic nitrogens is 1. The number of sulfonamides is 1. The summed E-state index contributed by atoms with van der Waals surface area (Å²) in [6.07, 6.45) is 1.60. The minimum absolute atomic E-state index is 0.0518. The van der Waals surface area contributed by atoms with Gasteiger partial charge in [-0.1, -0.05) is 0 Å². The zero-order valence-corrected chi connectivity index (χ0v) is 12.2. The third-order valence-electron chi connectivity index (χ3n) is 2.16. The van der Waals surface area contributed by atoms with Gasteiger partial charge < -0.3 is 4.74 Å². The topological polar surface area (TPSA) is 68.3 Å². The van der Waals surface area contributed by atoms with E-state index in [2.05, 4.69) is 9.71 Å². The Morgan fingerprint density at radius 3 is 2.47 bits per heavy atom. The summed E-state index contributed by atoms with van der Waals surface area (Å²) in [7, 11) is -3.59. The van der Waals surface area contributed by atoms with Gasteiger partial charge in [-0.15, -0.1) is 11.3 Å². The molecule has 0 radical (unpaired) electrons. The van der Waals surface area contributed by atoms with E-state index in [4.69, 9.17) is 4.74 Å². The monoisotopic (exact) mass is 298 g/mol. The van der Waals surface area contributed by atoms with Gasteiger partial charge in [-0.2, -0.15) is 0 Å². The lowest BCUT2D eigenvalue weighted by Gasteiger charge is -2.10. The predicted octanol–water partition coefficient (Wildman–Crippen LogP) is 2.73. The molecule has 1 heterocycles. The molecule has 0 saturated carbocycles. The van der Waals surface area contributed by atoms with Crippen LogP contribution in [0.5, 0.6) is 5.75 Å². The number of hydrogen-bond acceptors (Lipinski definition) is 5. The van der Waals surface area contributed by atoms with E-state index in [9.17, 15) is 8.42 Å². The molecular weight excluding hydrogens is 284 g/mol. The van der Waals surface area contributed by atoms with Crippen molar-refractivity contribution in [2.75, 3.05) is 4.72 Å². The van der Waals surface area contributed by atoms with E-state index in [-0.39, 0.29) is 11.0 Å². The second-order valence-corrected chi connectivity index (χ2v) is 6.66. The summed E-state index contributed by atoms with van der Waals surface area (Å²) in [5, 5.41) is 2.06. The first-order chi connectivity index (χ1) is 8.97. The van der Waals surface area contributed by atoms with Crippen LogP contribution in [-0.4, -0.2) is 19.5 Å². The van der Waals surface area contributed by atoms with Crippen molar-refractivity contribution in [2.24, 2.45) is 0 Å². The van der Waals surface area contributed by atoms with Crippen LogP contribution in [0, 0.1) is 0 Å². The zero-order chi connectivity index (χ0) is 13.9. The maximum absolute atomic E-state index is 12.0. The molecule has 19 heavy (non-hydrogen) atoms. The smallest absolute Gasteiger partial charge is 0.263 e. The number of thiazole rings is 1. The first kappa shape index (κ1) is 13.8. The molecule has 7 heteroatoms. The van der Waals surface area contributed by atoms with E-state index in [1.165, 1.54) is 23.5 Å². The molecule has 0 atom stereocenters. The van der Waals surface area contributed by atoms with Crippen LogP contribution in [0.3, 0.4) is 0 Å². The molecule has 5 nitrogen and oxygen atoms in total. The predicted molar refractivity (Wildman–Crippen MR) is 75.1 cm³/mol. The Hall–Kier alpha value is -1.60. The lowest BCUT2D eigenvalue weighted by atomic mass is 10.3. The van der Waals surface area contributed by atoms with Gasteiger partial charge in [0.05, 0.1) is 11.0 Å². The molecule has 0 fully saturated rings.